The molecule has 0 saturated carbocycles. The molecule has 1 aromatic carbocycles. The molecule has 3 N–H and O–H groups in total. The van der Waals surface area contributed by atoms with Crippen LogP contribution in [0.5, 0.6) is 5.75 Å². The zero-order valence-electron chi connectivity index (χ0n) is 9.65. The van der Waals surface area contributed by atoms with Crippen LogP contribution in [0, 0.1) is 0 Å². The summed E-state index contributed by atoms with van der Waals surface area (Å²) in [5.74, 6) is -1.56. The molecule has 0 aliphatic rings. The van der Waals surface area contributed by atoms with Crippen molar-refractivity contribution in [1.82, 2.24) is 0 Å². The Balaban J connectivity index is 2.55. The lowest BCUT2D eigenvalue weighted by atomic mass is 10.2. The molecule has 0 aliphatic heterocycles. The lowest BCUT2D eigenvalue weighted by Crippen LogP contribution is -2.22. The van der Waals surface area contributed by atoms with Gasteiger partial charge in [0.2, 0.25) is 0 Å². The third-order valence-electron chi connectivity index (χ3n) is 2.02. The molecule has 0 amide bonds. The number of nitrogens with one attached hydrogen (secondary N) is 1. The zero-order valence-corrected chi connectivity index (χ0v) is 9.65. The number of alkyl halides is 3. The van der Waals surface area contributed by atoms with Crippen LogP contribution >= 0.6 is 0 Å². The van der Waals surface area contributed by atoms with Crippen LogP contribution in [0.15, 0.2) is 24.3 Å². The number of hydrogen-bond donors (Lipinski definition) is 3. The summed E-state index contributed by atoms with van der Waals surface area (Å²) in [6.07, 6.45) is -6.36. The number of hydrogen-bond acceptors (Lipinski definition) is 4. The number of aliphatic hydroxyl groups excluding tert-OH is 1. The van der Waals surface area contributed by atoms with E-state index in [9.17, 15) is 23.1 Å². The third-order valence-corrected chi connectivity index (χ3v) is 2.02. The first-order chi connectivity index (χ1) is 8.76. The van der Waals surface area contributed by atoms with E-state index < -0.39 is 30.6 Å². The molecule has 0 aromatic heterocycles. The molecule has 0 fully saturated rings. The Morgan fingerprint density at radius 3 is 2.68 bits per heavy atom. The van der Waals surface area contributed by atoms with Crippen molar-refractivity contribution in [3.05, 3.63) is 24.3 Å². The molecule has 0 spiro atoms. The van der Waals surface area contributed by atoms with Crippen molar-refractivity contribution in [2.75, 3.05) is 11.9 Å². The van der Waals surface area contributed by atoms with Crippen molar-refractivity contribution in [2.24, 2.45) is 0 Å². The molecule has 0 heterocycles. The Labute approximate surface area is 106 Å². The molecule has 1 unspecified atom stereocenters. The number of benzene rings is 1. The number of carboxylic acid groups (broad SMARTS) is 1. The van der Waals surface area contributed by atoms with Gasteiger partial charge in [-0.25, -0.2) is 0 Å². The fourth-order valence-electron chi connectivity index (χ4n) is 1.31. The molecular weight excluding hydrogens is 267 g/mol. The maximum absolute atomic E-state index is 12.0. The number of carbonyl (C=O) groups is 1. The minimum Gasteiger partial charge on any atom is -0.481 e. The monoisotopic (exact) mass is 279 g/mol. The number of rotatable bonds is 6. The zero-order chi connectivity index (χ0) is 14.5. The van der Waals surface area contributed by atoms with Gasteiger partial charge >= 0.3 is 12.3 Å². The van der Waals surface area contributed by atoms with E-state index in [1.54, 1.807) is 0 Å². The molecule has 106 valence electrons. The Morgan fingerprint density at radius 2 is 2.11 bits per heavy atom. The lowest BCUT2D eigenvalue weighted by Gasteiger charge is -2.13. The van der Waals surface area contributed by atoms with Gasteiger partial charge in [-0.15, -0.1) is 13.2 Å². The van der Waals surface area contributed by atoms with Gasteiger partial charge in [0.25, 0.3) is 0 Å². The fraction of sp³-hybridized carbons (Fsp3) is 0.364. The molecule has 1 aromatic rings. The molecule has 0 saturated heterocycles. The van der Waals surface area contributed by atoms with Crippen LogP contribution in [0.25, 0.3) is 0 Å². The third kappa shape index (κ3) is 6.51. The van der Waals surface area contributed by atoms with Crippen LogP contribution in [-0.4, -0.2) is 35.2 Å². The average Bonchev–Trinajstić information content (AvgIpc) is 2.23. The molecule has 5 nitrogen and oxygen atoms in total. The molecule has 0 radical (unpaired) electrons. The Morgan fingerprint density at radius 1 is 1.42 bits per heavy atom. The van der Waals surface area contributed by atoms with Gasteiger partial charge in [0.1, 0.15) is 5.75 Å². The molecule has 0 aliphatic carbocycles. The van der Waals surface area contributed by atoms with E-state index in [1.165, 1.54) is 12.1 Å². The lowest BCUT2D eigenvalue weighted by molar-refractivity contribution is -0.274. The maximum atomic E-state index is 12.0. The highest BCUT2D eigenvalue weighted by Crippen LogP contribution is 2.24. The van der Waals surface area contributed by atoms with Crippen LogP contribution < -0.4 is 10.1 Å². The molecule has 1 rings (SSSR count). The predicted octanol–water partition coefficient (Wildman–Crippen LogP) is 1.83. The van der Waals surface area contributed by atoms with Gasteiger partial charge in [-0.05, 0) is 12.1 Å². The van der Waals surface area contributed by atoms with Gasteiger partial charge in [-0.2, -0.15) is 0 Å². The van der Waals surface area contributed by atoms with Gasteiger partial charge in [0, 0.05) is 18.3 Å². The van der Waals surface area contributed by atoms with Crippen molar-refractivity contribution < 1.29 is 32.9 Å². The smallest absolute Gasteiger partial charge is 0.481 e. The van der Waals surface area contributed by atoms with E-state index in [4.69, 9.17) is 5.11 Å². The van der Waals surface area contributed by atoms with Crippen LogP contribution in [-0.2, 0) is 4.79 Å². The SMILES string of the molecule is O=C(O)CC(O)CNc1cccc(OC(F)(F)F)c1. The topological polar surface area (TPSA) is 78.8 Å². The first kappa shape index (κ1) is 15.1. The van der Waals surface area contributed by atoms with Crippen LogP contribution in [0.1, 0.15) is 6.42 Å². The maximum Gasteiger partial charge on any atom is 0.573 e. The van der Waals surface area contributed by atoms with Gasteiger partial charge in [0.05, 0.1) is 12.5 Å². The average molecular weight is 279 g/mol. The van der Waals surface area contributed by atoms with Crippen LogP contribution in [0.4, 0.5) is 18.9 Å². The molecule has 0 bridgehead atoms. The number of carboxylic acids is 1. The van der Waals surface area contributed by atoms with Crippen LogP contribution in [0.3, 0.4) is 0 Å². The Bertz CT molecular complexity index is 436. The second kappa shape index (κ2) is 6.28. The summed E-state index contributed by atoms with van der Waals surface area (Å²) in [6.45, 7) is -0.0955. The first-order valence-corrected chi connectivity index (χ1v) is 5.26. The first-order valence-electron chi connectivity index (χ1n) is 5.26. The summed E-state index contributed by atoms with van der Waals surface area (Å²) in [5, 5.41) is 20.3. The summed E-state index contributed by atoms with van der Waals surface area (Å²) in [7, 11) is 0. The fourth-order valence-corrected chi connectivity index (χ4v) is 1.31. The van der Waals surface area contributed by atoms with E-state index in [0.29, 0.717) is 0 Å². The second-order valence-corrected chi connectivity index (χ2v) is 3.71. The second-order valence-electron chi connectivity index (χ2n) is 3.71. The highest BCUT2D eigenvalue weighted by molar-refractivity contribution is 5.67. The number of aliphatic carboxylic acids is 1. The van der Waals surface area contributed by atoms with Gasteiger partial charge in [-0.1, -0.05) is 6.07 Å². The summed E-state index contributed by atoms with van der Waals surface area (Å²) >= 11 is 0. The quantitative estimate of drug-likeness (QED) is 0.740. The van der Waals surface area contributed by atoms with E-state index >= 15 is 0 Å². The highest BCUT2D eigenvalue weighted by Gasteiger charge is 2.31. The van der Waals surface area contributed by atoms with Gasteiger partial charge < -0.3 is 20.3 Å². The normalized spacial score (nSPS) is 12.8. The molecule has 8 heteroatoms. The van der Waals surface area contributed by atoms with Crippen molar-refractivity contribution >= 4 is 11.7 Å². The van der Waals surface area contributed by atoms with E-state index in [1.807, 2.05) is 0 Å². The summed E-state index contributed by atoms with van der Waals surface area (Å²) < 4.78 is 39.7. The van der Waals surface area contributed by atoms with Crippen molar-refractivity contribution in [3.8, 4) is 5.75 Å². The van der Waals surface area contributed by atoms with Crippen LogP contribution in [0.2, 0.25) is 0 Å². The largest absolute Gasteiger partial charge is 0.573 e. The predicted molar refractivity (Wildman–Crippen MR) is 59.9 cm³/mol. The highest BCUT2D eigenvalue weighted by atomic mass is 19.4. The Kier molecular flexibility index (Phi) is 4.99. The van der Waals surface area contributed by atoms with Crippen molar-refractivity contribution in [2.45, 2.75) is 18.9 Å². The molecular formula is C11H12F3NO4. The van der Waals surface area contributed by atoms with Crippen molar-refractivity contribution in [1.29, 1.82) is 0 Å². The molecule has 19 heavy (non-hydrogen) atoms. The van der Waals surface area contributed by atoms with E-state index in [-0.39, 0.29) is 12.2 Å². The number of anilines is 1. The van der Waals surface area contributed by atoms with E-state index in [0.717, 1.165) is 12.1 Å². The van der Waals surface area contributed by atoms with E-state index in [2.05, 4.69) is 10.1 Å². The molecule has 1 atom stereocenters. The summed E-state index contributed by atoms with van der Waals surface area (Å²) in [4.78, 5) is 10.3. The summed E-state index contributed by atoms with van der Waals surface area (Å²) in [6, 6.07) is 5.04. The standard InChI is InChI=1S/C11H12F3NO4/c12-11(13,14)19-9-3-1-2-7(4-9)15-6-8(16)5-10(17)18/h1-4,8,15-16H,5-6H2,(H,17,18). The Hall–Kier alpha value is -1.96. The summed E-state index contributed by atoms with van der Waals surface area (Å²) in [5.41, 5.74) is 0.284. The van der Waals surface area contributed by atoms with Crippen molar-refractivity contribution in [3.63, 3.8) is 0 Å². The number of aliphatic hydroxyl groups is 1. The minimum atomic E-state index is -4.78. The van der Waals surface area contributed by atoms with Gasteiger partial charge in [-0.3, -0.25) is 4.79 Å². The minimum absolute atomic E-state index is 0.0955. The number of halogens is 3. The van der Waals surface area contributed by atoms with Gasteiger partial charge in [0.15, 0.2) is 0 Å². The number of ether oxygens (including phenoxy) is 1.